The summed E-state index contributed by atoms with van der Waals surface area (Å²) in [6, 6.07) is 6.28. The number of benzene rings is 1. The maximum absolute atomic E-state index is 12.8. The number of hydrogen-bond acceptors (Lipinski definition) is 4. The fourth-order valence-corrected chi connectivity index (χ4v) is 3.64. The van der Waals surface area contributed by atoms with Crippen molar-refractivity contribution in [3.8, 4) is 0 Å². The SMILES string of the molecule is CN1C(=O)CC[C@@H](C(=O)NCCc2ccc(C(=O)O)cc2)[C@@H]1c1cnn(C)c1. The molecule has 8 nitrogen and oxygen atoms in total. The van der Waals surface area contributed by atoms with Gasteiger partial charge in [0.25, 0.3) is 0 Å². The Bertz CT molecular complexity index is 875. The summed E-state index contributed by atoms with van der Waals surface area (Å²) in [5.41, 5.74) is 2.04. The van der Waals surface area contributed by atoms with Crippen LogP contribution in [-0.4, -0.2) is 51.2 Å². The van der Waals surface area contributed by atoms with E-state index in [1.165, 1.54) is 0 Å². The zero-order chi connectivity index (χ0) is 20.3. The van der Waals surface area contributed by atoms with Crippen LogP contribution in [0.5, 0.6) is 0 Å². The van der Waals surface area contributed by atoms with Crippen LogP contribution in [0.15, 0.2) is 36.7 Å². The number of aryl methyl sites for hydroxylation is 1. The molecule has 0 bridgehead atoms. The van der Waals surface area contributed by atoms with E-state index < -0.39 is 5.97 Å². The van der Waals surface area contributed by atoms with E-state index >= 15 is 0 Å². The Morgan fingerprint density at radius 2 is 1.96 bits per heavy atom. The van der Waals surface area contributed by atoms with Crippen LogP contribution >= 0.6 is 0 Å². The first-order valence-electron chi connectivity index (χ1n) is 9.21. The predicted octanol–water partition coefficient (Wildman–Crippen LogP) is 1.39. The lowest BCUT2D eigenvalue weighted by Crippen LogP contribution is -2.46. The third-order valence-electron chi connectivity index (χ3n) is 5.18. The van der Waals surface area contributed by atoms with Gasteiger partial charge in [0.15, 0.2) is 0 Å². The molecular weight excluding hydrogens is 360 g/mol. The number of rotatable bonds is 6. The van der Waals surface area contributed by atoms with Gasteiger partial charge >= 0.3 is 5.97 Å². The monoisotopic (exact) mass is 384 g/mol. The Morgan fingerprint density at radius 1 is 1.25 bits per heavy atom. The molecular formula is C20H24N4O4. The molecule has 1 aliphatic rings. The zero-order valence-electron chi connectivity index (χ0n) is 16.0. The van der Waals surface area contributed by atoms with E-state index in [0.717, 1.165) is 11.1 Å². The van der Waals surface area contributed by atoms with Crippen molar-refractivity contribution in [1.82, 2.24) is 20.0 Å². The Balaban J connectivity index is 1.63. The quantitative estimate of drug-likeness (QED) is 0.783. The van der Waals surface area contributed by atoms with Crippen molar-refractivity contribution in [2.45, 2.75) is 25.3 Å². The maximum Gasteiger partial charge on any atom is 0.335 e. The van der Waals surface area contributed by atoms with Crippen molar-refractivity contribution in [3.63, 3.8) is 0 Å². The van der Waals surface area contributed by atoms with Gasteiger partial charge in [-0.15, -0.1) is 0 Å². The molecule has 2 atom stereocenters. The van der Waals surface area contributed by atoms with Crippen LogP contribution in [-0.2, 0) is 23.1 Å². The molecule has 1 aromatic carbocycles. The molecule has 2 aromatic rings. The Hall–Kier alpha value is -3.16. The summed E-state index contributed by atoms with van der Waals surface area (Å²) in [5.74, 6) is -1.36. The van der Waals surface area contributed by atoms with E-state index in [-0.39, 0.29) is 29.3 Å². The highest BCUT2D eigenvalue weighted by atomic mass is 16.4. The molecule has 2 amide bonds. The van der Waals surface area contributed by atoms with E-state index in [2.05, 4.69) is 10.4 Å². The molecule has 0 saturated carbocycles. The molecule has 3 rings (SSSR count). The van der Waals surface area contributed by atoms with Gasteiger partial charge in [0.1, 0.15) is 0 Å². The largest absolute Gasteiger partial charge is 0.478 e. The second kappa shape index (κ2) is 8.24. The standard InChI is InChI=1S/C20H24N4O4/c1-23-12-15(11-22-23)18-16(7-8-17(25)24(18)2)19(26)21-10-9-13-3-5-14(6-4-13)20(27)28/h3-6,11-12,16,18H,7-10H2,1-2H3,(H,21,26)(H,27,28)/t16-,18+/m1/s1. The fourth-order valence-electron chi connectivity index (χ4n) is 3.64. The highest BCUT2D eigenvalue weighted by Gasteiger charge is 2.39. The first-order chi connectivity index (χ1) is 13.4. The van der Waals surface area contributed by atoms with Gasteiger partial charge in [-0.25, -0.2) is 4.79 Å². The number of hydrogen-bond donors (Lipinski definition) is 2. The number of aromatic nitrogens is 2. The van der Waals surface area contributed by atoms with Gasteiger partial charge < -0.3 is 15.3 Å². The van der Waals surface area contributed by atoms with Crippen LogP contribution in [0.25, 0.3) is 0 Å². The number of amides is 2. The normalized spacial score (nSPS) is 19.5. The molecule has 0 unspecified atom stereocenters. The van der Waals surface area contributed by atoms with Gasteiger partial charge in [-0.05, 0) is 30.5 Å². The second-order valence-electron chi connectivity index (χ2n) is 7.09. The molecule has 1 aliphatic heterocycles. The Kier molecular flexibility index (Phi) is 5.77. The maximum atomic E-state index is 12.8. The van der Waals surface area contributed by atoms with Crippen LogP contribution in [0.4, 0.5) is 0 Å². The van der Waals surface area contributed by atoms with Crippen molar-refractivity contribution in [3.05, 3.63) is 53.3 Å². The molecule has 148 valence electrons. The van der Waals surface area contributed by atoms with Crippen LogP contribution in [0.2, 0.25) is 0 Å². The van der Waals surface area contributed by atoms with Crippen LogP contribution < -0.4 is 5.32 Å². The van der Waals surface area contributed by atoms with E-state index in [1.54, 1.807) is 54.1 Å². The van der Waals surface area contributed by atoms with Gasteiger partial charge in [0, 0.05) is 38.8 Å². The first-order valence-corrected chi connectivity index (χ1v) is 9.21. The number of carboxylic acids is 1. The minimum Gasteiger partial charge on any atom is -0.478 e. The highest BCUT2D eigenvalue weighted by molar-refractivity contribution is 5.87. The Labute approximate surface area is 163 Å². The summed E-state index contributed by atoms with van der Waals surface area (Å²) in [7, 11) is 3.53. The number of aromatic carboxylic acids is 1. The third-order valence-corrected chi connectivity index (χ3v) is 5.18. The number of piperidine rings is 1. The summed E-state index contributed by atoms with van der Waals surface area (Å²) < 4.78 is 1.66. The van der Waals surface area contributed by atoms with Crippen molar-refractivity contribution >= 4 is 17.8 Å². The zero-order valence-corrected chi connectivity index (χ0v) is 16.0. The number of carbonyl (C=O) groups excluding carboxylic acids is 2. The van der Waals surface area contributed by atoms with Crippen molar-refractivity contribution < 1.29 is 19.5 Å². The molecule has 1 aromatic heterocycles. The summed E-state index contributed by atoms with van der Waals surface area (Å²) >= 11 is 0. The molecule has 0 radical (unpaired) electrons. The minimum atomic E-state index is -0.961. The van der Waals surface area contributed by atoms with Gasteiger partial charge in [-0.3, -0.25) is 14.3 Å². The number of nitrogens with one attached hydrogen (secondary N) is 1. The van der Waals surface area contributed by atoms with E-state index in [1.807, 2.05) is 6.20 Å². The van der Waals surface area contributed by atoms with Crippen LogP contribution in [0.1, 0.15) is 40.4 Å². The van der Waals surface area contributed by atoms with Crippen molar-refractivity contribution in [2.75, 3.05) is 13.6 Å². The van der Waals surface area contributed by atoms with Crippen LogP contribution in [0, 0.1) is 5.92 Å². The minimum absolute atomic E-state index is 0.0245. The second-order valence-corrected chi connectivity index (χ2v) is 7.09. The lowest BCUT2D eigenvalue weighted by Gasteiger charge is -2.37. The molecule has 2 N–H and O–H groups in total. The highest BCUT2D eigenvalue weighted by Crippen LogP contribution is 2.35. The van der Waals surface area contributed by atoms with Crippen LogP contribution in [0.3, 0.4) is 0 Å². The van der Waals surface area contributed by atoms with Gasteiger partial charge in [0.05, 0.1) is 23.7 Å². The Morgan fingerprint density at radius 3 is 2.57 bits per heavy atom. The molecule has 0 aliphatic carbocycles. The molecule has 1 fully saturated rings. The average molecular weight is 384 g/mol. The molecule has 28 heavy (non-hydrogen) atoms. The fraction of sp³-hybridized carbons (Fsp3) is 0.400. The molecule has 0 spiro atoms. The van der Waals surface area contributed by atoms with E-state index in [0.29, 0.717) is 25.8 Å². The predicted molar refractivity (Wildman–Crippen MR) is 102 cm³/mol. The van der Waals surface area contributed by atoms with Gasteiger partial charge in [0.2, 0.25) is 11.8 Å². The molecule has 2 heterocycles. The van der Waals surface area contributed by atoms with Crippen molar-refractivity contribution in [2.24, 2.45) is 13.0 Å². The third kappa shape index (κ3) is 4.21. The number of nitrogens with zero attached hydrogens (tertiary/aromatic N) is 3. The summed E-state index contributed by atoms with van der Waals surface area (Å²) in [4.78, 5) is 37.5. The number of carbonyl (C=O) groups is 3. The topological polar surface area (TPSA) is 105 Å². The lowest BCUT2D eigenvalue weighted by molar-refractivity contribution is -0.141. The molecule has 1 saturated heterocycles. The number of carboxylic acid groups (broad SMARTS) is 1. The van der Waals surface area contributed by atoms with Crippen molar-refractivity contribution in [1.29, 1.82) is 0 Å². The summed E-state index contributed by atoms with van der Waals surface area (Å²) in [6.07, 6.45) is 4.99. The van der Waals surface area contributed by atoms with Gasteiger partial charge in [-0.2, -0.15) is 5.10 Å². The smallest absolute Gasteiger partial charge is 0.335 e. The van der Waals surface area contributed by atoms with Gasteiger partial charge in [-0.1, -0.05) is 12.1 Å². The first kappa shape index (κ1) is 19.6. The van der Waals surface area contributed by atoms with E-state index in [4.69, 9.17) is 5.11 Å². The average Bonchev–Trinajstić information content (AvgIpc) is 3.10. The van der Waals surface area contributed by atoms with E-state index in [9.17, 15) is 14.4 Å². The summed E-state index contributed by atoms with van der Waals surface area (Å²) in [5, 5.41) is 16.1. The molecule has 8 heteroatoms. The summed E-state index contributed by atoms with van der Waals surface area (Å²) in [6.45, 7) is 0.444. The number of likely N-dealkylation sites (tertiary alicyclic amines) is 1. The lowest BCUT2D eigenvalue weighted by atomic mass is 9.85.